The van der Waals surface area contributed by atoms with Gasteiger partial charge in [-0.3, -0.25) is 9.59 Å². The van der Waals surface area contributed by atoms with E-state index in [2.05, 4.69) is 5.32 Å². The van der Waals surface area contributed by atoms with Gasteiger partial charge in [0.1, 0.15) is 6.54 Å². The lowest BCUT2D eigenvalue weighted by atomic mass is 10.2. The van der Waals surface area contributed by atoms with Gasteiger partial charge in [-0.1, -0.05) is 6.92 Å². The molecular formula is C11H16N2O2. The molecular weight excluding hydrogens is 192 g/mol. The molecule has 0 fully saturated rings. The molecule has 1 N–H and O–H groups in total. The van der Waals surface area contributed by atoms with E-state index >= 15 is 0 Å². The number of nitrogens with zero attached hydrogens (tertiary/aromatic N) is 1. The number of rotatable bonds is 5. The van der Waals surface area contributed by atoms with Gasteiger partial charge in [-0.2, -0.15) is 0 Å². The van der Waals surface area contributed by atoms with Crippen molar-refractivity contribution >= 4 is 11.7 Å². The Labute approximate surface area is 89.3 Å². The van der Waals surface area contributed by atoms with E-state index in [0.29, 0.717) is 18.5 Å². The van der Waals surface area contributed by atoms with Crippen molar-refractivity contribution < 1.29 is 9.59 Å². The summed E-state index contributed by atoms with van der Waals surface area (Å²) >= 11 is 0. The van der Waals surface area contributed by atoms with E-state index in [1.165, 1.54) is 0 Å². The smallest absolute Gasteiger partial charge is 0.239 e. The molecule has 1 amide bonds. The van der Waals surface area contributed by atoms with Crippen molar-refractivity contribution in [2.24, 2.45) is 0 Å². The first-order chi connectivity index (χ1) is 7.17. The van der Waals surface area contributed by atoms with Crippen LogP contribution < -0.4 is 5.32 Å². The summed E-state index contributed by atoms with van der Waals surface area (Å²) in [5.41, 5.74) is 0.668. The summed E-state index contributed by atoms with van der Waals surface area (Å²) in [6, 6.07) is 1.74. The second-order valence-corrected chi connectivity index (χ2v) is 3.30. The van der Waals surface area contributed by atoms with Gasteiger partial charge in [0.2, 0.25) is 5.91 Å². The van der Waals surface area contributed by atoms with E-state index in [-0.39, 0.29) is 18.2 Å². The zero-order valence-corrected chi connectivity index (χ0v) is 9.12. The highest BCUT2D eigenvalue weighted by atomic mass is 16.2. The van der Waals surface area contributed by atoms with Crippen LogP contribution in [0.15, 0.2) is 18.5 Å². The highest BCUT2D eigenvalue weighted by Crippen LogP contribution is 2.04. The van der Waals surface area contributed by atoms with Crippen molar-refractivity contribution in [1.29, 1.82) is 0 Å². The Hall–Kier alpha value is -1.58. The van der Waals surface area contributed by atoms with Gasteiger partial charge < -0.3 is 9.88 Å². The van der Waals surface area contributed by atoms with E-state index in [0.717, 1.165) is 0 Å². The average molecular weight is 208 g/mol. The highest BCUT2D eigenvalue weighted by Gasteiger charge is 2.06. The maximum Gasteiger partial charge on any atom is 0.239 e. The van der Waals surface area contributed by atoms with Gasteiger partial charge in [0.05, 0.1) is 0 Å². The number of ketones is 1. The number of hydrogen-bond acceptors (Lipinski definition) is 2. The van der Waals surface area contributed by atoms with Crippen molar-refractivity contribution in [3.8, 4) is 0 Å². The maximum atomic E-state index is 11.3. The van der Waals surface area contributed by atoms with Crippen molar-refractivity contribution in [3.05, 3.63) is 24.0 Å². The van der Waals surface area contributed by atoms with E-state index in [4.69, 9.17) is 0 Å². The first-order valence-corrected chi connectivity index (χ1v) is 5.13. The molecule has 0 saturated heterocycles. The second kappa shape index (κ2) is 5.34. The van der Waals surface area contributed by atoms with Crippen LogP contribution in [0, 0.1) is 0 Å². The minimum absolute atomic E-state index is 0.0383. The molecule has 0 saturated carbocycles. The van der Waals surface area contributed by atoms with Gasteiger partial charge >= 0.3 is 0 Å². The lowest BCUT2D eigenvalue weighted by molar-refractivity contribution is -0.121. The monoisotopic (exact) mass is 208 g/mol. The molecule has 4 nitrogen and oxygen atoms in total. The fraction of sp³-hybridized carbons (Fsp3) is 0.455. The number of likely N-dealkylation sites (N-methyl/N-ethyl adjacent to an activating group) is 1. The summed E-state index contributed by atoms with van der Waals surface area (Å²) in [7, 11) is 0. The van der Waals surface area contributed by atoms with E-state index < -0.39 is 0 Å². The Morgan fingerprint density at radius 1 is 1.40 bits per heavy atom. The first kappa shape index (κ1) is 11.5. The third kappa shape index (κ3) is 3.23. The minimum Gasteiger partial charge on any atom is -0.355 e. The molecule has 15 heavy (non-hydrogen) atoms. The molecule has 1 rings (SSSR count). The highest BCUT2D eigenvalue weighted by molar-refractivity contribution is 5.95. The molecule has 1 aromatic rings. The molecule has 0 spiro atoms. The van der Waals surface area contributed by atoms with Crippen LogP contribution in [0.2, 0.25) is 0 Å². The number of aromatic nitrogens is 1. The Morgan fingerprint density at radius 3 is 2.73 bits per heavy atom. The van der Waals surface area contributed by atoms with Crippen LogP contribution in [-0.2, 0) is 11.3 Å². The molecule has 0 bridgehead atoms. The van der Waals surface area contributed by atoms with Crippen molar-refractivity contribution in [2.75, 3.05) is 6.54 Å². The van der Waals surface area contributed by atoms with Crippen LogP contribution in [0.1, 0.15) is 30.6 Å². The maximum absolute atomic E-state index is 11.3. The van der Waals surface area contributed by atoms with Crippen LogP contribution >= 0.6 is 0 Å². The normalized spacial score (nSPS) is 10.0. The van der Waals surface area contributed by atoms with Crippen molar-refractivity contribution in [2.45, 2.75) is 26.8 Å². The number of amides is 1. The number of carbonyl (C=O) groups excluding carboxylic acids is 2. The molecule has 0 aliphatic carbocycles. The topological polar surface area (TPSA) is 51.1 Å². The molecule has 1 heterocycles. The van der Waals surface area contributed by atoms with Gasteiger partial charge in [-0.15, -0.1) is 0 Å². The molecule has 82 valence electrons. The Kier molecular flexibility index (Phi) is 4.09. The van der Waals surface area contributed by atoms with Crippen LogP contribution in [0.25, 0.3) is 0 Å². The fourth-order valence-electron chi connectivity index (χ4n) is 1.33. The number of Topliss-reactive ketones (excluding diaryl/α,β-unsaturated/α-hetero) is 1. The zero-order valence-electron chi connectivity index (χ0n) is 9.12. The molecule has 1 aromatic heterocycles. The quantitative estimate of drug-likeness (QED) is 0.739. The SMILES string of the molecule is CCNC(=O)Cn1ccc(C(=O)CC)c1. The number of hydrogen-bond donors (Lipinski definition) is 1. The summed E-state index contributed by atoms with van der Waals surface area (Å²) in [5.74, 6) is 0.0632. The predicted octanol–water partition coefficient (Wildman–Crippen LogP) is 1.22. The van der Waals surface area contributed by atoms with Gasteiger partial charge in [0.25, 0.3) is 0 Å². The lowest BCUT2D eigenvalue weighted by Crippen LogP contribution is -2.26. The van der Waals surface area contributed by atoms with Gasteiger partial charge in [0.15, 0.2) is 5.78 Å². The van der Waals surface area contributed by atoms with Crippen molar-refractivity contribution in [1.82, 2.24) is 9.88 Å². The molecule has 4 heteroatoms. The van der Waals surface area contributed by atoms with Crippen molar-refractivity contribution in [3.63, 3.8) is 0 Å². The second-order valence-electron chi connectivity index (χ2n) is 3.30. The molecule has 0 aliphatic rings. The molecule has 0 aliphatic heterocycles. The average Bonchev–Trinajstić information content (AvgIpc) is 2.65. The van der Waals surface area contributed by atoms with Crippen LogP contribution in [0.5, 0.6) is 0 Å². The standard InChI is InChI=1S/C11H16N2O2/c1-3-10(14)9-5-6-13(7-9)8-11(15)12-4-2/h5-7H,3-4,8H2,1-2H3,(H,12,15). The van der Waals surface area contributed by atoms with Gasteiger partial charge in [0, 0.05) is 30.9 Å². The zero-order chi connectivity index (χ0) is 11.3. The van der Waals surface area contributed by atoms with Gasteiger partial charge in [-0.05, 0) is 13.0 Å². The fourth-order valence-corrected chi connectivity index (χ4v) is 1.33. The molecule has 0 radical (unpaired) electrons. The van der Waals surface area contributed by atoms with E-state index in [1.54, 1.807) is 23.0 Å². The molecule has 0 atom stereocenters. The third-order valence-corrected chi connectivity index (χ3v) is 2.09. The summed E-state index contributed by atoms with van der Waals surface area (Å²) in [6.45, 7) is 4.59. The third-order valence-electron chi connectivity index (χ3n) is 2.09. The molecule has 0 unspecified atom stereocenters. The molecule has 0 aromatic carbocycles. The summed E-state index contributed by atoms with van der Waals surface area (Å²) in [6.07, 6.45) is 3.95. The summed E-state index contributed by atoms with van der Waals surface area (Å²) in [4.78, 5) is 22.6. The Balaban J connectivity index is 2.60. The largest absolute Gasteiger partial charge is 0.355 e. The van der Waals surface area contributed by atoms with Crippen LogP contribution in [0.3, 0.4) is 0 Å². The van der Waals surface area contributed by atoms with Crippen LogP contribution in [0.4, 0.5) is 0 Å². The number of carbonyl (C=O) groups is 2. The van der Waals surface area contributed by atoms with Crippen LogP contribution in [-0.4, -0.2) is 22.8 Å². The van der Waals surface area contributed by atoms with E-state index in [1.807, 2.05) is 13.8 Å². The van der Waals surface area contributed by atoms with Gasteiger partial charge in [-0.25, -0.2) is 0 Å². The summed E-state index contributed by atoms with van der Waals surface area (Å²) < 4.78 is 1.72. The first-order valence-electron chi connectivity index (χ1n) is 5.13. The Morgan fingerprint density at radius 2 is 2.13 bits per heavy atom. The van der Waals surface area contributed by atoms with E-state index in [9.17, 15) is 9.59 Å². The predicted molar refractivity (Wildman–Crippen MR) is 57.7 cm³/mol. The minimum atomic E-state index is -0.0383. The lowest BCUT2D eigenvalue weighted by Gasteiger charge is -2.02. The Bertz CT molecular complexity index is 355. The summed E-state index contributed by atoms with van der Waals surface area (Å²) in [5, 5.41) is 2.70. The number of nitrogens with one attached hydrogen (secondary N) is 1.